The lowest BCUT2D eigenvalue weighted by Gasteiger charge is -2.22. The van der Waals surface area contributed by atoms with E-state index in [0.29, 0.717) is 0 Å². The highest BCUT2D eigenvalue weighted by Gasteiger charge is 2.23. The van der Waals surface area contributed by atoms with E-state index in [1.807, 2.05) is 32.0 Å². The van der Waals surface area contributed by atoms with Gasteiger partial charge in [-0.3, -0.25) is 9.69 Å². The molecule has 1 N–H and O–H groups in total. The van der Waals surface area contributed by atoms with Gasteiger partial charge in [0.05, 0.1) is 0 Å². The van der Waals surface area contributed by atoms with Crippen LogP contribution in [0.3, 0.4) is 0 Å². The molecular formula is C12H17NO2. The number of aliphatic carboxylic acids is 1. The van der Waals surface area contributed by atoms with Crippen LogP contribution in [0.4, 0.5) is 0 Å². The number of hydrogen-bond donors (Lipinski definition) is 1. The minimum absolute atomic E-state index is 0.565. The second-order valence-electron chi connectivity index (χ2n) is 3.99. The molecule has 0 spiro atoms. The van der Waals surface area contributed by atoms with Crippen LogP contribution in [-0.4, -0.2) is 30.1 Å². The third-order valence-corrected chi connectivity index (χ3v) is 2.69. The van der Waals surface area contributed by atoms with Gasteiger partial charge in [0.2, 0.25) is 0 Å². The van der Waals surface area contributed by atoms with Crippen molar-refractivity contribution in [3.8, 4) is 0 Å². The first kappa shape index (κ1) is 11.7. The first-order chi connectivity index (χ1) is 6.95. The van der Waals surface area contributed by atoms with Crippen LogP contribution in [0.15, 0.2) is 18.2 Å². The average molecular weight is 207 g/mol. The van der Waals surface area contributed by atoms with E-state index < -0.39 is 12.0 Å². The molecule has 0 saturated carbocycles. The molecule has 0 aliphatic heterocycles. The third-order valence-electron chi connectivity index (χ3n) is 2.69. The Morgan fingerprint density at radius 2 is 1.93 bits per heavy atom. The molecule has 0 radical (unpaired) electrons. The monoisotopic (exact) mass is 207 g/mol. The zero-order chi connectivity index (χ0) is 11.6. The highest BCUT2D eigenvalue weighted by molar-refractivity contribution is 5.76. The van der Waals surface area contributed by atoms with Gasteiger partial charge in [-0.1, -0.05) is 18.2 Å². The SMILES string of the molecule is Cc1cccc(C(C(=O)O)N(C)C)c1C. The highest BCUT2D eigenvalue weighted by atomic mass is 16.4. The van der Waals surface area contributed by atoms with E-state index in [0.717, 1.165) is 16.7 Å². The summed E-state index contributed by atoms with van der Waals surface area (Å²) >= 11 is 0. The maximum absolute atomic E-state index is 11.2. The molecule has 0 aliphatic rings. The zero-order valence-electron chi connectivity index (χ0n) is 9.61. The average Bonchev–Trinajstić information content (AvgIpc) is 2.11. The number of carboxylic acids is 1. The summed E-state index contributed by atoms with van der Waals surface area (Å²) in [6, 6.07) is 5.20. The summed E-state index contributed by atoms with van der Waals surface area (Å²) in [5.41, 5.74) is 3.05. The Bertz CT molecular complexity index is 372. The molecule has 0 aliphatic carbocycles. The first-order valence-electron chi connectivity index (χ1n) is 4.90. The molecule has 3 heteroatoms. The number of hydrogen-bond acceptors (Lipinski definition) is 2. The van der Waals surface area contributed by atoms with Gasteiger partial charge in [-0.25, -0.2) is 0 Å². The normalized spacial score (nSPS) is 12.9. The zero-order valence-corrected chi connectivity index (χ0v) is 9.61. The summed E-state index contributed by atoms with van der Waals surface area (Å²) in [6.45, 7) is 3.96. The smallest absolute Gasteiger partial charge is 0.325 e. The van der Waals surface area contributed by atoms with E-state index in [4.69, 9.17) is 0 Å². The Morgan fingerprint density at radius 1 is 1.33 bits per heavy atom. The summed E-state index contributed by atoms with van der Waals surface area (Å²) in [6.07, 6.45) is 0. The van der Waals surface area contributed by atoms with Gasteiger partial charge in [0.15, 0.2) is 0 Å². The molecule has 3 nitrogen and oxygen atoms in total. The van der Waals surface area contributed by atoms with Crippen LogP contribution in [0, 0.1) is 13.8 Å². The number of carbonyl (C=O) groups is 1. The Morgan fingerprint density at radius 3 is 2.40 bits per heavy atom. The fourth-order valence-electron chi connectivity index (χ4n) is 1.70. The molecule has 1 rings (SSSR count). The molecule has 0 aromatic heterocycles. The van der Waals surface area contributed by atoms with Crippen molar-refractivity contribution in [2.75, 3.05) is 14.1 Å². The molecule has 0 fully saturated rings. The standard InChI is InChI=1S/C12H17NO2/c1-8-6-5-7-10(9(8)2)11(12(14)15)13(3)4/h5-7,11H,1-4H3,(H,14,15). The van der Waals surface area contributed by atoms with Crippen LogP contribution in [0.5, 0.6) is 0 Å². The van der Waals surface area contributed by atoms with Gasteiger partial charge in [0.1, 0.15) is 6.04 Å². The fourth-order valence-corrected chi connectivity index (χ4v) is 1.70. The molecule has 15 heavy (non-hydrogen) atoms. The van der Waals surface area contributed by atoms with Crippen molar-refractivity contribution in [1.29, 1.82) is 0 Å². The maximum atomic E-state index is 11.2. The lowest BCUT2D eigenvalue weighted by Crippen LogP contribution is -2.28. The summed E-state index contributed by atoms with van der Waals surface area (Å²) < 4.78 is 0. The minimum Gasteiger partial charge on any atom is -0.480 e. The van der Waals surface area contributed by atoms with E-state index in [1.54, 1.807) is 19.0 Å². The molecule has 0 heterocycles. The number of likely N-dealkylation sites (N-methyl/N-ethyl adjacent to an activating group) is 1. The molecule has 0 amide bonds. The van der Waals surface area contributed by atoms with Crippen LogP contribution in [0.2, 0.25) is 0 Å². The van der Waals surface area contributed by atoms with Crippen molar-refractivity contribution < 1.29 is 9.90 Å². The van der Waals surface area contributed by atoms with Crippen molar-refractivity contribution in [2.45, 2.75) is 19.9 Å². The van der Waals surface area contributed by atoms with Crippen molar-refractivity contribution >= 4 is 5.97 Å². The first-order valence-corrected chi connectivity index (χ1v) is 4.90. The quantitative estimate of drug-likeness (QED) is 0.824. The molecule has 82 valence electrons. The van der Waals surface area contributed by atoms with Gasteiger partial charge < -0.3 is 5.11 Å². The second kappa shape index (κ2) is 4.45. The van der Waals surface area contributed by atoms with Crippen molar-refractivity contribution in [3.63, 3.8) is 0 Å². The Balaban J connectivity index is 3.23. The lowest BCUT2D eigenvalue weighted by molar-refractivity contribution is -0.142. The van der Waals surface area contributed by atoms with Crippen molar-refractivity contribution in [3.05, 3.63) is 34.9 Å². The van der Waals surface area contributed by atoms with Crippen LogP contribution in [0.25, 0.3) is 0 Å². The number of nitrogens with zero attached hydrogens (tertiary/aromatic N) is 1. The highest BCUT2D eigenvalue weighted by Crippen LogP contribution is 2.24. The maximum Gasteiger partial charge on any atom is 0.325 e. The van der Waals surface area contributed by atoms with Crippen LogP contribution in [0.1, 0.15) is 22.7 Å². The van der Waals surface area contributed by atoms with Gasteiger partial charge in [0, 0.05) is 0 Å². The van der Waals surface area contributed by atoms with E-state index >= 15 is 0 Å². The largest absolute Gasteiger partial charge is 0.480 e. The van der Waals surface area contributed by atoms with Gasteiger partial charge in [-0.2, -0.15) is 0 Å². The van der Waals surface area contributed by atoms with Gasteiger partial charge in [-0.05, 0) is 44.6 Å². The Labute approximate surface area is 90.3 Å². The lowest BCUT2D eigenvalue weighted by atomic mass is 9.97. The molecule has 1 atom stereocenters. The van der Waals surface area contributed by atoms with E-state index in [1.165, 1.54) is 0 Å². The molecule has 0 bridgehead atoms. The molecule has 1 aromatic carbocycles. The van der Waals surface area contributed by atoms with Crippen molar-refractivity contribution in [1.82, 2.24) is 4.90 Å². The van der Waals surface area contributed by atoms with E-state index in [9.17, 15) is 9.90 Å². The topological polar surface area (TPSA) is 40.5 Å². The summed E-state index contributed by atoms with van der Waals surface area (Å²) in [5, 5.41) is 9.17. The summed E-state index contributed by atoms with van der Waals surface area (Å²) in [5.74, 6) is -0.811. The van der Waals surface area contributed by atoms with Crippen LogP contribution in [-0.2, 0) is 4.79 Å². The van der Waals surface area contributed by atoms with Gasteiger partial charge in [-0.15, -0.1) is 0 Å². The number of carboxylic acid groups (broad SMARTS) is 1. The minimum atomic E-state index is -0.811. The summed E-state index contributed by atoms with van der Waals surface area (Å²) in [4.78, 5) is 12.9. The predicted molar refractivity (Wildman–Crippen MR) is 60.0 cm³/mol. The molecular weight excluding hydrogens is 190 g/mol. The van der Waals surface area contributed by atoms with Crippen LogP contribution < -0.4 is 0 Å². The third kappa shape index (κ3) is 2.36. The van der Waals surface area contributed by atoms with Crippen LogP contribution >= 0.6 is 0 Å². The Hall–Kier alpha value is -1.35. The molecule has 1 aromatic rings. The number of rotatable bonds is 3. The predicted octanol–water partition coefficient (Wildman–Crippen LogP) is 1.99. The van der Waals surface area contributed by atoms with E-state index in [2.05, 4.69) is 0 Å². The van der Waals surface area contributed by atoms with Crippen molar-refractivity contribution in [2.24, 2.45) is 0 Å². The fraction of sp³-hybridized carbons (Fsp3) is 0.417. The van der Waals surface area contributed by atoms with Gasteiger partial charge >= 0.3 is 5.97 Å². The van der Waals surface area contributed by atoms with Gasteiger partial charge in [0.25, 0.3) is 0 Å². The summed E-state index contributed by atoms with van der Waals surface area (Å²) in [7, 11) is 3.56. The number of aryl methyl sites for hydroxylation is 1. The Kier molecular flexibility index (Phi) is 3.48. The molecule has 0 saturated heterocycles. The molecule has 1 unspecified atom stereocenters. The number of benzene rings is 1. The second-order valence-corrected chi connectivity index (χ2v) is 3.99. The van der Waals surface area contributed by atoms with E-state index in [-0.39, 0.29) is 0 Å².